The van der Waals surface area contributed by atoms with Crippen LogP contribution in [-0.4, -0.2) is 25.6 Å². The van der Waals surface area contributed by atoms with E-state index in [-0.39, 0.29) is 11.3 Å². The number of hydrogen-bond donors (Lipinski definition) is 1. The topological polar surface area (TPSA) is 64.6 Å². The minimum absolute atomic E-state index is 0.0858. The summed E-state index contributed by atoms with van der Waals surface area (Å²) < 4.78 is 47.3. The zero-order chi connectivity index (χ0) is 20.0. The van der Waals surface area contributed by atoms with E-state index in [1.165, 1.54) is 38.3 Å². The lowest BCUT2D eigenvalue weighted by atomic mass is 10.1. The number of ether oxygens (including phenoxy) is 2. The van der Waals surface area contributed by atoms with Gasteiger partial charge in [0, 0.05) is 19.2 Å². The molecule has 5 nitrogen and oxygen atoms in total. The van der Waals surface area contributed by atoms with Crippen LogP contribution in [-0.2, 0) is 22.1 Å². The summed E-state index contributed by atoms with van der Waals surface area (Å²) in [5.41, 5.74) is 0.716. The summed E-state index contributed by atoms with van der Waals surface area (Å²) in [6.07, 6.45) is -3.87. The average Bonchev–Trinajstić information content (AvgIpc) is 2.61. The van der Waals surface area contributed by atoms with Crippen molar-refractivity contribution in [2.45, 2.75) is 19.5 Å². The number of hydrogen-bond acceptors (Lipinski definition) is 5. The molecule has 0 amide bonds. The number of nitrogens with one attached hydrogen (secondary N) is 1. The zero-order valence-electron chi connectivity index (χ0n) is 14.7. The SMILES string of the molecule is COC(=O)c1cc(NCCc2ccc(C(F)(F)F)cc2)ccc1OC(C)=O. The van der Waals surface area contributed by atoms with Gasteiger partial charge < -0.3 is 14.8 Å². The smallest absolute Gasteiger partial charge is 0.416 e. The monoisotopic (exact) mass is 381 g/mol. The van der Waals surface area contributed by atoms with E-state index in [1.807, 2.05) is 0 Å². The fraction of sp³-hybridized carbons (Fsp3) is 0.263. The number of methoxy groups -OCH3 is 1. The molecule has 0 saturated carbocycles. The van der Waals surface area contributed by atoms with Gasteiger partial charge in [-0.2, -0.15) is 13.2 Å². The molecule has 0 bridgehead atoms. The molecule has 0 heterocycles. The van der Waals surface area contributed by atoms with Gasteiger partial charge in [-0.05, 0) is 42.3 Å². The molecule has 0 unspecified atom stereocenters. The molecular formula is C19H18F3NO4. The Hall–Kier alpha value is -3.03. The number of rotatable bonds is 6. The summed E-state index contributed by atoms with van der Waals surface area (Å²) in [5, 5.41) is 3.07. The predicted octanol–water partition coefficient (Wildman–Crippen LogP) is 4.07. The first-order valence-electron chi connectivity index (χ1n) is 8.01. The molecule has 27 heavy (non-hydrogen) atoms. The molecule has 1 N–H and O–H groups in total. The number of halogens is 3. The summed E-state index contributed by atoms with van der Waals surface area (Å²) in [6, 6.07) is 9.50. The maximum absolute atomic E-state index is 12.6. The van der Waals surface area contributed by atoms with Crippen molar-refractivity contribution in [3.8, 4) is 5.75 Å². The van der Waals surface area contributed by atoms with E-state index in [4.69, 9.17) is 4.74 Å². The highest BCUT2D eigenvalue weighted by molar-refractivity contribution is 5.94. The number of anilines is 1. The molecule has 0 aliphatic rings. The molecular weight excluding hydrogens is 363 g/mol. The van der Waals surface area contributed by atoms with Crippen molar-refractivity contribution in [1.82, 2.24) is 0 Å². The Morgan fingerprint density at radius 3 is 2.30 bits per heavy atom. The molecule has 0 radical (unpaired) electrons. The lowest BCUT2D eigenvalue weighted by Gasteiger charge is -2.12. The van der Waals surface area contributed by atoms with Crippen molar-refractivity contribution in [3.63, 3.8) is 0 Å². The fourth-order valence-corrected chi connectivity index (χ4v) is 2.36. The van der Waals surface area contributed by atoms with Crippen molar-refractivity contribution in [3.05, 3.63) is 59.2 Å². The van der Waals surface area contributed by atoms with Crippen LogP contribution in [0.15, 0.2) is 42.5 Å². The van der Waals surface area contributed by atoms with Gasteiger partial charge in [-0.15, -0.1) is 0 Å². The zero-order valence-corrected chi connectivity index (χ0v) is 14.7. The van der Waals surface area contributed by atoms with Gasteiger partial charge in [-0.1, -0.05) is 12.1 Å². The van der Waals surface area contributed by atoms with Gasteiger partial charge in [0.05, 0.1) is 12.7 Å². The molecule has 0 aromatic heterocycles. The number of carbonyl (C=O) groups is 2. The summed E-state index contributed by atoms with van der Waals surface area (Å²) in [7, 11) is 1.21. The summed E-state index contributed by atoms with van der Waals surface area (Å²) in [6.45, 7) is 1.65. The van der Waals surface area contributed by atoms with Crippen LogP contribution in [0, 0.1) is 0 Å². The molecule has 8 heteroatoms. The first-order chi connectivity index (χ1) is 12.7. The molecule has 0 aliphatic carbocycles. The van der Waals surface area contributed by atoms with E-state index in [2.05, 4.69) is 10.1 Å². The van der Waals surface area contributed by atoms with Gasteiger partial charge in [0.1, 0.15) is 11.3 Å². The minimum Gasteiger partial charge on any atom is -0.465 e. The first-order valence-corrected chi connectivity index (χ1v) is 8.01. The lowest BCUT2D eigenvalue weighted by molar-refractivity contribution is -0.137. The van der Waals surface area contributed by atoms with Crippen LogP contribution in [0.4, 0.5) is 18.9 Å². The Morgan fingerprint density at radius 1 is 1.07 bits per heavy atom. The van der Waals surface area contributed by atoms with Crippen LogP contribution in [0.25, 0.3) is 0 Å². The molecule has 0 atom stereocenters. The minimum atomic E-state index is -4.36. The highest BCUT2D eigenvalue weighted by Crippen LogP contribution is 2.29. The average molecular weight is 381 g/mol. The second-order valence-corrected chi connectivity index (χ2v) is 5.67. The maximum Gasteiger partial charge on any atom is 0.416 e. The van der Waals surface area contributed by atoms with Gasteiger partial charge in [0.15, 0.2) is 0 Å². The van der Waals surface area contributed by atoms with Crippen molar-refractivity contribution in [2.75, 3.05) is 19.0 Å². The van der Waals surface area contributed by atoms with E-state index < -0.39 is 23.7 Å². The third-order valence-electron chi connectivity index (χ3n) is 3.66. The molecule has 0 spiro atoms. The maximum atomic E-state index is 12.6. The van der Waals surface area contributed by atoms with Crippen LogP contribution >= 0.6 is 0 Å². The molecule has 2 aromatic rings. The second kappa shape index (κ2) is 8.57. The Bertz CT molecular complexity index is 817. The molecule has 2 aromatic carbocycles. The van der Waals surface area contributed by atoms with Crippen molar-refractivity contribution in [1.29, 1.82) is 0 Å². The summed E-state index contributed by atoms with van der Waals surface area (Å²) in [4.78, 5) is 23.0. The van der Waals surface area contributed by atoms with E-state index in [0.717, 1.165) is 17.7 Å². The Kier molecular flexibility index (Phi) is 6.44. The van der Waals surface area contributed by atoms with E-state index in [1.54, 1.807) is 6.07 Å². The number of carbonyl (C=O) groups excluding carboxylic acids is 2. The van der Waals surface area contributed by atoms with Crippen molar-refractivity contribution >= 4 is 17.6 Å². The number of benzene rings is 2. The molecule has 0 saturated heterocycles. The largest absolute Gasteiger partial charge is 0.465 e. The highest BCUT2D eigenvalue weighted by Gasteiger charge is 2.29. The van der Waals surface area contributed by atoms with Crippen molar-refractivity contribution < 1.29 is 32.2 Å². The van der Waals surface area contributed by atoms with Crippen LogP contribution in [0.2, 0.25) is 0 Å². The van der Waals surface area contributed by atoms with Crippen LogP contribution in [0.1, 0.15) is 28.4 Å². The standard InChI is InChI=1S/C19H18F3NO4/c1-12(24)27-17-8-7-15(11-16(17)18(25)26-2)23-10-9-13-3-5-14(6-4-13)19(20,21)22/h3-8,11,23H,9-10H2,1-2H3. The van der Waals surface area contributed by atoms with E-state index in [9.17, 15) is 22.8 Å². The Morgan fingerprint density at radius 2 is 1.74 bits per heavy atom. The summed E-state index contributed by atoms with van der Waals surface area (Å²) in [5.74, 6) is -1.14. The third-order valence-corrected chi connectivity index (χ3v) is 3.66. The summed E-state index contributed by atoms with van der Waals surface area (Å²) >= 11 is 0. The molecule has 144 valence electrons. The van der Waals surface area contributed by atoms with E-state index >= 15 is 0 Å². The Balaban J connectivity index is 2.03. The number of esters is 2. The van der Waals surface area contributed by atoms with Gasteiger partial charge in [0.25, 0.3) is 0 Å². The van der Waals surface area contributed by atoms with Crippen LogP contribution in [0.5, 0.6) is 5.75 Å². The van der Waals surface area contributed by atoms with Crippen LogP contribution in [0.3, 0.4) is 0 Å². The molecule has 0 fully saturated rings. The second-order valence-electron chi connectivity index (χ2n) is 5.67. The van der Waals surface area contributed by atoms with Crippen LogP contribution < -0.4 is 10.1 Å². The van der Waals surface area contributed by atoms with Gasteiger partial charge in [-0.3, -0.25) is 4.79 Å². The number of alkyl halides is 3. The van der Waals surface area contributed by atoms with Crippen molar-refractivity contribution in [2.24, 2.45) is 0 Å². The first kappa shape index (κ1) is 20.3. The third kappa shape index (κ3) is 5.73. The molecule has 2 rings (SSSR count). The predicted molar refractivity (Wildman–Crippen MR) is 92.7 cm³/mol. The lowest BCUT2D eigenvalue weighted by Crippen LogP contribution is -2.11. The van der Waals surface area contributed by atoms with Gasteiger partial charge in [-0.25, -0.2) is 4.79 Å². The van der Waals surface area contributed by atoms with Gasteiger partial charge in [0.2, 0.25) is 0 Å². The van der Waals surface area contributed by atoms with Gasteiger partial charge >= 0.3 is 18.1 Å². The highest BCUT2D eigenvalue weighted by atomic mass is 19.4. The normalized spacial score (nSPS) is 11.0. The Labute approximate surface area is 154 Å². The fourth-order valence-electron chi connectivity index (χ4n) is 2.36. The van der Waals surface area contributed by atoms with E-state index in [0.29, 0.717) is 18.7 Å². The quantitative estimate of drug-likeness (QED) is 0.604. The molecule has 0 aliphatic heterocycles.